The number of carbonyl (C=O) groups excluding carboxylic acids is 1. The van der Waals surface area contributed by atoms with Crippen molar-refractivity contribution in [3.05, 3.63) is 156 Å². The second-order valence-electron chi connectivity index (χ2n) is 10.2. The molecule has 6 rings (SSSR count). The van der Waals surface area contributed by atoms with Gasteiger partial charge < -0.3 is 9.47 Å². The molecule has 0 bridgehead atoms. The standard InChI is InChI=1S/C36H29ClN2O4S2/c1-3-42-35(41)31-32(24-9-5-4-6-10-24)38-36-39(33(31)25-15-19-28(44-2)20-16-25)34(40)30(45-36)21-23-13-17-27(18-14-23)43-22-26-11-7-8-12-29(26)37/h4-21,33H,3,22H2,1-2H3/b30-21-/t33-/m1/s1. The molecule has 0 fully saturated rings. The summed E-state index contributed by atoms with van der Waals surface area (Å²) in [5, 5.41) is 0.657. The molecular formula is C36H29ClN2O4S2. The Morgan fingerprint density at radius 3 is 2.38 bits per heavy atom. The Bertz CT molecular complexity index is 2050. The molecule has 0 unspecified atom stereocenters. The third-order valence-corrected chi connectivity index (χ3v) is 9.43. The van der Waals surface area contributed by atoms with Gasteiger partial charge in [-0.25, -0.2) is 9.79 Å². The van der Waals surface area contributed by atoms with Gasteiger partial charge in [0, 0.05) is 21.0 Å². The van der Waals surface area contributed by atoms with Crippen molar-refractivity contribution >= 4 is 52.4 Å². The fraction of sp³-hybridized carbons (Fsp3) is 0.139. The largest absolute Gasteiger partial charge is 0.489 e. The lowest BCUT2D eigenvalue weighted by Gasteiger charge is -2.26. The minimum atomic E-state index is -0.714. The fourth-order valence-electron chi connectivity index (χ4n) is 5.13. The summed E-state index contributed by atoms with van der Waals surface area (Å²) in [7, 11) is 0. The first-order valence-corrected chi connectivity index (χ1v) is 16.8. The smallest absolute Gasteiger partial charge is 0.338 e. The number of thiazole rings is 1. The zero-order chi connectivity index (χ0) is 31.3. The number of fused-ring (bicyclic) bond motifs is 1. The van der Waals surface area contributed by atoms with Crippen LogP contribution in [0.3, 0.4) is 0 Å². The van der Waals surface area contributed by atoms with Gasteiger partial charge in [-0.05, 0) is 60.7 Å². The number of rotatable bonds is 9. The first kappa shape index (κ1) is 30.6. The third-order valence-electron chi connectivity index (χ3n) is 7.34. The molecule has 0 amide bonds. The maximum atomic E-state index is 14.1. The van der Waals surface area contributed by atoms with Crippen LogP contribution >= 0.6 is 34.7 Å². The van der Waals surface area contributed by atoms with Crippen LogP contribution in [0.25, 0.3) is 11.8 Å². The van der Waals surface area contributed by atoms with Gasteiger partial charge in [0.2, 0.25) is 0 Å². The van der Waals surface area contributed by atoms with Crippen molar-refractivity contribution in [1.29, 1.82) is 0 Å². The highest BCUT2D eigenvalue weighted by Crippen LogP contribution is 2.35. The summed E-state index contributed by atoms with van der Waals surface area (Å²) in [6.07, 6.45) is 3.85. The monoisotopic (exact) mass is 652 g/mol. The van der Waals surface area contributed by atoms with Crippen LogP contribution in [0, 0.1) is 0 Å². The van der Waals surface area contributed by atoms with Crippen LogP contribution in [-0.4, -0.2) is 23.4 Å². The molecule has 0 spiro atoms. The lowest BCUT2D eigenvalue weighted by molar-refractivity contribution is -0.138. The van der Waals surface area contributed by atoms with Gasteiger partial charge in [0.25, 0.3) is 5.56 Å². The number of esters is 1. The Labute approximate surface area is 274 Å². The molecule has 1 aliphatic heterocycles. The van der Waals surface area contributed by atoms with E-state index in [9.17, 15) is 9.59 Å². The number of hydrogen-bond acceptors (Lipinski definition) is 7. The molecule has 0 N–H and O–H groups in total. The molecule has 0 saturated carbocycles. The number of benzene rings is 4. The van der Waals surface area contributed by atoms with E-state index in [1.807, 2.05) is 115 Å². The first-order valence-electron chi connectivity index (χ1n) is 14.4. The van der Waals surface area contributed by atoms with E-state index < -0.39 is 12.0 Å². The predicted octanol–water partition coefficient (Wildman–Crippen LogP) is 6.89. The van der Waals surface area contributed by atoms with Gasteiger partial charge in [0.1, 0.15) is 12.4 Å². The minimum absolute atomic E-state index is 0.199. The van der Waals surface area contributed by atoms with Gasteiger partial charge in [-0.2, -0.15) is 0 Å². The van der Waals surface area contributed by atoms with Crippen molar-refractivity contribution in [3.63, 3.8) is 0 Å². The molecule has 1 aliphatic rings. The predicted molar refractivity (Wildman–Crippen MR) is 182 cm³/mol. The van der Waals surface area contributed by atoms with Gasteiger partial charge in [-0.1, -0.05) is 95.7 Å². The number of aromatic nitrogens is 1. The quantitative estimate of drug-likeness (QED) is 0.128. The van der Waals surface area contributed by atoms with E-state index in [0.717, 1.165) is 27.1 Å². The normalized spacial score (nSPS) is 14.6. The highest BCUT2D eigenvalue weighted by Gasteiger charge is 2.35. The van der Waals surface area contributed by atoms with E-state index >= 15 is 0 Å². The van der Waals surface area contributed by atoms with Crippen LogP contribution in [0.2, 0.25) is 5.02 Å². The number of hydrogen-bond donors (Lipinski definition) is 0. The first-order chi connectivity index (χ1) is 22.0. The summed E-state index contributed by atoms with van der Waals surface area (Å²) in [6.45, 7) is 2.32. The number of nitrogens with zero attached hydrogens (tertiary/aromatic N) is 2. The Morgan fingerprint density at radius 2 is 1.69 bits per heavy atom. The van der Waals surface area contributed by atoms with E-state index in [-0.39, 0.29) is 12.2 Å². The van der Waals surface area contributed by atoms with E-state index in [4.69, 9.17) is 26.1 Å². The highest BCUT2D eigenvalue weighted by molar-refractivity contribution is 7.98. The van der Waals surface area contributed by atoms with Crippen molar-refractivity contribution in [2.24, 2.45) is 4.99 Å². The Balaban J connectivity index is 1.44. The van der Waals surface area contributed by atoms with Crippen molar-refractivity contribution in [2.75, 3.05) is 12.9 Å². The van der Waals surface area contributed by atoms with Crippen LogP contribution < -0.4 is 19.6 Å². The molecule has 45 heavy (non-hydrogen) atoms. The zero-order valence-corrected chi connectivity index (χ0v) is 27.0. The lowest BCUT2D eigenvalue weighted by Crippen LogP contribution is -2.40. The highest BCUT2D eigenvalue weighted by atomic mass is 35.5. The van der Waals surface area contributed by atoms with E-state index in [0.29, 0.717) is 38.0 Å². The van der Waals surface area contributed by atoms with E-state index in [2.05, 4.69) is 0 Å². The van der Waals surface area contributed by atoms with Gasteiger partial charge in [-0.3, -0.25) is 9.36 Å². The molecule has 4 aromatic carbocycles. The van der Waals surface area contributed by atoms with Gasteiger partial charge in [-0.15, -0.1) is 11.8 Å². The van der Waals surface area contributed by atoms with Crippen molar-refractivity contribution in [1.82, 2.24) is 4.57 Å². The molecular weight excluding hydrogens is 624 g/mol. The molecule has 226 valence electrons. The maximum absolute atomic E-state index is 14.1. The maximum Gasteiger partial charge on any atom is 0.338 e. The summed E-state index contributed by atoms with van der Waals surface area (Å²) >= 11 is 9.18. The lowest BCUT2D eigenvalue weighted by atomic mass is 9.93. The third kappa shape index (κ3) is 6.54. The molecule has 1 aromatic heterocycles. The topological polar surface area (TPSA) is 69.9 Å². The van der Waals surface area contributed by atoms with E-state index in [1.165, 1.54) is 11.3 Å². The molecule has 0 saturated heterocycles. The molecule has 0 radical (unpaired) electrons. The van der Waals surface area contributed by atoms with Crippen LogP contribution in [0.1, 0.15) is 35.2 Å². The summed E-state index contributed by atoms with van der Waals surface area (Å²) in [5.41, 5.74) is 3.91. The summed E-state index contributed by atoms with van der Waals surface area (Å²) in [4.78, 5) is 34.2. The van der Waals surface area contributed by atoms with Crippen LogP contribution in [0.4, 0.5) is 0 Å². The number of ether oxygens (including phenoxy) is 2. The van der Waals surface area contributed by atoms with Crippen molar-refractivity contribution in [3.8, 4) is 5.75 Å². The molecule has 0 aliphatic carbocycles. The number of carbonyl (C=O) groups is 1. The van der Waals surface area contributed by atoms with Gasteiger partial charge in [0.15, 0.2) is 4.80 Å². The SMILES string of the molecule is CCOC(=O)C1=C(c2ccccc2)N=c2s/c(=C\c3ccc(OCc4ccccc4Cl)cc3)c(=O)n2[C@@H]1c1ccc(SC)cc1. The minimum Gasteiger partial charge on any atom is -0.489 e. The molecule has 1 atom stereocenters. The average molecular weight is 653 g/mol. The molecule has 6 nitrogen and oxygen atoms in total. The van der Waals surface area contributed by atoms with Gasteiger partial charge >= 0.3 is 5.97 Å². The summed E-state index contributed by atoms with van der Waals surface area (Å²) < 4.78 is 13.6. The van der Waals surface area contributed by atoms with Crippen LogP contribution in [0.15, 0.2) is 123 Å². The number of thioether (sulfide) groups is 1. The molecule has 5 aromatic rings. The number of halogens is 1. The van der Waals surface area contributed by atoms with Crippen molar-refractivity contribution < 1.29 is 14.3 Å². The fourth-order valence-corrected chi connectivity index (χ4v) is 6.73. The zero-order valence-electron chi connectivity index (χ0n) is 24.6. The van der Waals surface area contributed by atoms with Crippen LogP contribution in [-0.2, 0) is 16.1 Å². The summed E-state index contributed by atoms with van der Waals surface area (Å²) in [6, 6.07) is 31.8. The Hall–Kier alpha value is -4.37. The van der Waals surface area contributed by atoms with Crippen LogP contribution in [0.5, 0.6) is 5.75 Å². The average Bonchev–Trinajstić information content (AvgIpc) is 3.38. The molecule has 2 heterocycles. The molecule has 9 heteroatoms. The van der Waals surface area contributed by atoms with E-state index in [1.54, 1.807) is 23.3 Å². The summed E-state index contributed by atoms with van der Waals surface area (Å²) in [5.74, 6) is 0.189. The Morgan fingerprint density at radius 1 is 0.978 bits per heavy atom. The van der Waals surface area contributed by atoms with Crippen molar-refractivity contribution in [2.45, 2.75) is 24.5 Å². The van der Waals surface area contributed by atoms with Gasteiger partial charge in [0.05, 0.1) is 28.5 Å². The second-order valence-corrected chi connectivity index (χ2v) is 12.4. The second kappa shape index (κ2) is 13.7. The Kier molecular flexibility index (Phi) is 9.35.